The van der Waals surface area contributed by atoms with E-state index in [1.165, 1.54) is 32.1 Å². The Morgan fingerprint density at radius 3 is 2.30 bits per heavy atom. The van der Waals surface area contributed by atoms with Gasteiger partial charge in [-0.25, -0.2) is 0 Å². The minimum Gasteiger partial charge on any atom is -0.379 e. The van der Waals surface area contributed by atoms with E-state index >= 15 is 0 Å². The summed E-state index contributed by atoms with van der Waals surface area (Å²) in [6, 6.07) is 0.719. The summed E-state index contributed by atoms with van der Waals surface area (Å²) in [6.07, 6.45) is 6.76. The molecule has 0 saturated heterocycles. The third kappa shape index (κ3) is 6.55. The fraction of sp³-hybridized carbons (Fsp3) is 1.00. The maximum Gasteiger partial charge on any atom is 0.0593 e. The molecular weight excluding hydrogens is 248 g/mol. The Hall–Kier alpha value is -0.120. The Morgan fingerprint density at radius 1 is 1.10 bits per heavy atom. The van der Waals surface area contributed by atoms with Gasteiger partial charge in [0.15, 0.2) is 0 Å². The molecular formula is C17H36N2O. The summed E-state index contributed by atoms with van der Waals surface area (Å²) in [5.41, 5.74) is 0.528. The van der Waals surface area contributed by atoms with Crippen molar-refractivity contribution in [1.29, 1.82) is 0 Å². The summed E-state index contributed by atoms with van der Waals surface area (Å²) >= 11 is 0. The predicted molar refractivity (Wildman–Crippen MR) is 87.2 cm³/mol. The van der Waals surface area contributed by atoms with Crippen molar-refractivity contribution in [2.45, 2.75) is 58.9 Å². The Balaban J connectivity index is 2.05. The Morgan fingerprint density at radius 2 is 1.75 bits per heavy atom. The van der Waals surface area contributed by atoms with Crippen LogP contribution in [0.15, 0.2) is 0 Å². The smallest absolute Gasteiger partial charge is 0.0593 e. The first kappa shape index (κ1) is 17.9. The van der Waals surface area contributed by atoms with E-state index in [9.17, 15) is 0 Å². The van der Waals surface area contributed by atoms with Crippen molar-refractivity contribution in [3.63, 3.8) is 0 Å². The number of ether oxygens (including phenoxy) is 1. The second-order valence-electron chi connectivity index (χ2n) is 7.26. The molecule has 0 spiro atoms. The summed E-state index contributed by atoms with van der Waals surface area (Å²) in [4.78, 5) is 2.16. The van der Waals surface area contributed by atoms with Gasteiger partial charge in [0.2, 0.25) is 0 Å². The van der Waals surface area contributed by atoms with Gasteiger partial charge in [-0.1, -0.05) is 27.2 Å². The highest BCUT2D eigenvalue weighted by atomic mass is 16.5. The van der Waals surface area contributed by atoms with Crippen LogP contribution in [0.2, 0.25) is 0 Å². The lowest BCUT2D eigenvalue weighted by Gasteiger charge is -2.39. The molecule has 1 rings (SSSR count). The van der Waals surface area contributed by atoms with Gasteiger partial charge in [0, 0.05) is 19.1 Å². The van der Waals surface area contributed by atoms with Crippen molar-refractivity contribution in [2.24, 2.45) is 11.3 Å². The molecule has 0 unspecified atom stereocenters. The van der Waals surface area contributed by atoms with E-state index in [0.717, 1.165) is 38.3 Å². The van der Waals surface area contributed by atoms with Crippen LogP contribution in [-0.2, 0) is 4.74 Å². The van der Waals surface area contributed by atoms with E-state index in [0.29, 0.717) is 5.41 Å². The lowest BCUT2D eigenvalue weighted by Crippen LogP contribution is -2.38. The lowest BCUT2D eigenvalue weighted by molar-refractivity contribution is 0.108. The number of hydrogen-bond acceptors (Lipinski definition) is 3. The Kier molecular flexibility index (Phi) is 8.08. The number of hydrogen-bond donors (Lipinski definition) is 1. The molecule has 0 aliphatic heterocycles. The fourth-order valence-electron chi connectivity index (χ4n) is 3.05. The van der Waals surface area contributed by atoms with E-state index in [1.54, 1.807) is 0 Å². The van der Waals surface area contributed by atoms with Crippen LogP contribution >= 0.6 is 0 Å². The van der Waals surface area contributed by atoms with Gasteiger partial charge >= 0.3 is 0 Å². The average Bonchev–Trinajstić information content (AvgIpc) is 2.43. The van der Waals surface area contributed by atoms with Gasteiger partial charge in [0.25, 0.3) is 0 Å². The number of nitrogens with one attached hydrogen (secondary N) is 1. The van der Waals surface area contributed by atoms with E-state index in [2.05, 4.69) is 45.1 Å². The second-order valence-corrected chi connectivity index (χ2v) is 7.26. The Bertz CT molecular complexity index is 245. The largest absolute Gasteiger partial charge is 0.379 e. The summed E-state index contributed by atoms with van der Waals surface area (Å²) in [5.74, 6) is 0.918. The maximum absolute atomic E-state index is 5.62. The van der Waals surface area contributed by atoms with Crippen LogP contribution in [0.5, 0.6) is 0 Å². The molecule has 0 radical (unpaired) electrons. The van der Waals surface area contributed by atoms with Gasteiger partial charge in [-0.15, -0.1) is 0 Å². The zero-order chi connectivity index (χ0) is 15.0. The SMILES string of the molecule is CCC(C)(C)C1CCC(NCCOCCN(C)C)CC1. The van der Waals surface area contributed by atoms with Crippen LogP contribution in [0.4, 0.5) is 0 Å². The molecule has 1 aliphatic carbocycles. The number of nitrogens with zero attached hydrogens (tertiary/aromatic N) is 1. The molecule has 3 nitrogen and oxygen atoms in total. The van der Waals surface area contributed by atoms with Gasteiger partial charge in [-0.2, -0.15) is 0 Å². The average molecular weight is 284 g/mol. The normalized spacial score (nSPS) is 24.3. The topological polar surface area (TPSA) is 24.5 Å². The second kappa shape index (κ2) is 9.01. The molecule has 1 fully saturated rings. The maximum atomic E-state index is 5.62. The first-order valence-corrected chi connectivity index (χ1v) is 8.41. The minimum absolute atomic E-state index is 0.528. The fourth-order valence-corrected chi connectivity index (χ4v) is 3.05. The molecule has 3 heteroatoms. The molecule has 0 amide bonds. The number of likely N-dealkylation sites (N-methyl/N-ethyl adjacent to an activating group) is 1. The monoisotopic (exact) mass is 284 g/mol. The molecule has 0 aromatic rings. The lowest BCUT2D eigenvalue weighted by atomic mass is 9.69. The molecule has 1 saturated carbocycles. The van der Waals surface area contributed by atoms with Crippen molar-refractivity contribution < 1.29 is 4.74 Å². The van der Waals surface area contributed by atoms with Crippen molar-refractivity contribution >= 4 is 0 Å². The summed E-state index contributed by atoms with van der Waals surface area (Å²) in [6.45, 7) is 10.9. The third-order valence-corrected chi connectivity index (χ3v) is 5.11. The van der Waals surface area contributed by atoms with Gasteiger partial charge in [0.1, 0.15) is 0 Å². The first-order valence-electron chi connectivity index (χ1n) is 8.41. The van der Waals surface area contributed by atoms with Gasteiger partial charge in [-0.3, -0.25) is 0 Å². The predicted octanol–water partition coefficient (Wildman–Crippen LogP) is 3.15. The molecule has 1 N–H and O–H groups in total. The highest BCUT2D eigenvalue weighted by molar-refractivity contribution is 4.84. The highest BCUT2D eigenvalue weighted by Crippen LogP contribution is 2.40. The molecule has 0 aromatic carbocycles. The summed E-state index contributed by atoms with van der Waals surface area (Å²) in [7, 11) is 4.16. The highest BCUT2D eigenvalue weighted by Gasteiger charge is 2.31. The molecule has 0 bridgehead atoms. The minimum atomic E-state index is 0.528. The first-order chi connectivity index (χ1) is 9.45. The van der Waals surface area contributed by atoms with E-state index in [1.807, 2.05) is 0 Å². The van der Waals surface area contributed by atoms with Crippen LogP contribution in [0.3, 0.4) is 0 Å². The molecule has 0 aromatic heterocycles. The number of rotatable bonds is 9. The summed E-state index contributed by atoms with van der Waals surface area (Å²) in [5, 5.41) is 3.66. The standard InChI is InChI=1S/C17H36N2O/c1-6-17(2,3)15-7-9-16(10-8-15)18-11-13-20-14-12-19(4)5/h15-16,18H,6-14H2,1-5H3. The summed E-state index contributed by atoms with van der Waals surface area (Å²) < 4.78 is 5.62. The van der Waals surface area contributed by atoms with Gasteiger partial charge in [-0.05, 0) is 51.1 Å². The Labute approximate surface area is 126 Å². The van der Waals surface area contributed by atoms with E-state index < -0.39 is 0 Å². The quantitative estimate of drug-likeness (QED) is 0.658. The van der Waals surface area contributed by atoms with Crippen LogP contribution in [-0.4, -0.2) is 51.3 Å². The van der Waals surface area contributed by atoms with Crippen LogP contribution in [0.25, 0.3) is 0 Å². The molecule has 0 atom stereocenters. The van der Waals surface area contributed by atoms with Crippen LogP contribution in [0.1, 0.15) is 52.9 Å². The van der Waals surface area contributed by atoms with Crippen molar-refractivity contribution in [2.75, 3.05) is 40.4 Å². The van der Waals surface area contributed by atoms with E-state index in [-0.39, 0.29) is 0 Å². The van der Waals surface area contributed by atoms with Crippen LogP contribution < -0.4 is 5.32 Å². The molecule has 20 heavy (non-hydrogen) atoms. The van der Waals surface area contributed by atoms with Crippen molar-refractivity contribution in [1.82, 2.24) is 10.2 Å². The van der Waals surface area contributed by atoms with Gasteiger partial charge in [0.05, 0.1) is 13.2 Å². The third-order valence-electron chi connectivity index (χ3n) is 5.11. The van der Waals surface area contributed by atoms with Crippen LogP contribution in [0, 0.1) is 11.3 Å². The molecule has 0 heterocycles. The molecule has 120 valence electrons. The molecule has 1 aliphatic rings. The van der Waals surface area contributed by atoms with Gasteiger partial charge < -0.3 is 15.0 Å². The zero-order valence-corrected chi connectivity index (χ0v) is 14.4. The van der Waals surface area contributed by atoms with E-state index in [4.69, 9.17) is 4.74 Å². The zero-order valence-electron chi connectivity index (χ0n) is 14.4. The van der Waals surface area contributed by atoms with Crippen molar-refractivity contribution in [3.05, 3.63) is 0 Å². The van der Waals surface area contributed by atoms with Crippen molar-refractivity contribution in [3.8, 4) is 0 Å².